The summed E-state index contributed by atoms with van der Waals surface area (Å²) in [5.41, 5.74) is 4.53. The Morgan fingerprint density at radius 2 is 1.61 bits per heavy atom. The number of rotatable bonds is 4. The summed E-state index contributed by atoms with van der Waals surface area (Å²) in [4.78, 5) is 22.5. The Bertz CT molecular complexity index is 716. The zero-order valence-corrected chi connectivity index (χ0v) is 12.7. The van der Waals surface area contributed by atoms with E-state index in [0.717, 1.165) is 22.3 Å². The fraction of sp³-hybridized carbons (Fsp3) is 0.176. The van der Waals surface area contributed by atoms with E-state index in [4.69, 9.17) is 9.84 Å². The highest BCUT2D eigenvalue weighted by atomic mass is 16.5. The van der Waals surface area contributed by atoms with Crippen molar-refractivity contribution in [2.75, 3.05) is 6.61 Å². The molecule has 0 radical (unpaired) electrons. The molecule has 0 fully saturated rings. The highest BCUT2D eigenvalue weighted by Gasteiger charge is 2.29. The Morgan fingerprint density at radius 3 is 2.13 bits per heavy atom. The van der Waals surface area contributed by atoms with Gasteiger partial charge in [0.25, 0.3) is 0 Å². The van der Waals surface area contributed by atoms with E-state index in [2.05, 4.69) is 17.4 Å². The van der Waals surface area contributed by atoms with Crippen LogP contribution in [0.3, 0.4) is 0 Å². The lowest BCUT2D eigenvalue weighted by Crippen LogP contribution is -2.41. The van der Waals surface area contributed by atoms with E-state index in [9.17, 15) is 9.59 Å². The smallest absolute Gasteiger partial charge is 0.407 e. The van der Waals surface area contributed by atoms with Gasteiger partial charge in [0.1, 0.15) is 14.5 Å². The summed E-state index contributed by atoms with van der Waals surface area (Å²) in [6, 6.07) is 16.1. The number of aliphatic carboxylic acids is 1. The standard InChI is InChI=1S/C17H16BNO4/c18-15(16(20)21)19-17(22)23-9-14-12-7-3-1-5-10(12)11-6-2-4-8-13(11)14/h1-8,14-15H,9,18H2,(H,19,22)(H,20,21). The van der Waals surface area contributed by atoms with Crippen LogP contribution in [0.5, 0.6) is 0 Å². The topological polar surface area (TPSA) is 75.6 Å². The van der Waals surface area contributed by atoms with E-state index >= 15 is 0 Å². The molecule has 0 bridgehead atoms. The summed E-state index contributed by atoms with van der Waals surface area (Å²) in [7, 11) is 1.39. The van der Waals surface area contributed by atoms with Crippen molar-refractivity contribution in [3.63, 3.8) is 0 Å². The summed E-state index contributed by atoms with van der Waals surface area (Å²) in [5.74, 6) is -2.11. The third-order valence-corrected chi connectivity index (χ3v) is 4.05. The highest BCUT2D eigenvalue weighted by molar-refractivity contribution is 6.23. The van der Waals surface area contributed by atoms with Crippen LogP contribution in [0, 0.1) is 0 Å². The van der Waals surface area contributed by atoms with Crippen molar-refractivity contribution < 1.29 is 19.4 Å². The minimum atomic E-state index is -1.10. The number of carbonyl (C=O) groups excluding carboxylic acids is 1. The predicted octanol–water partition coefficient (Wildman–Crippen LogP) is 1.57. The van der Waals surface area contributed by atoms with Crippen LogP contribution in [-0.2, 0) is 9.53 Å². The zero-order valence-electron chi connectivity index (χ0n) is 12.7. The van der Waals surface area contributed by atoms with Gasteiger partial charge in [0.05, 0.1) is 5.94 Å². The van der Waals surface area contributed by atoms with Crippen molar-refractivity contribution in [1.29, 1.82) is 0 Å². The lowest BCUT2D eigenvalue weighted by Gasteiger charge is -2.15. The van der Waals surface area contributed by atoms with E-state index in [1.807, 2.05) is 36.4 Å². The minimum Gasteiger partial charge on any atom is -0.480 e. The average Bonchev–Trinajstić information content (AvgIpc) is 2.87. The second-order valence-corrected chi connectivity index (χ2v) is 5.53. The van der Waals surface area contributed by atoms with E-state index < -0.39 is 18.0 Å². The molecule has 116 valence electrons. The maximum Gasteiger partial charge on any atom is 0.407 e. The normalized spacial score (nSPS) is 13.7. The quantitative estimate of drug-likeness (QED) is 0.841. The molecule has 5 nitrogen and oxygen atoms in total. The van der Waals surface area contributed by atoms with Crippen LogP contribution in [0.15, 0.2) is 48.5 Å². The Balaban J connectivity index is 1.76. The predicted molar refractivity (Wildman–Crippen MR) is 88.2 cm³/mol. The third-order valence-electron chi connectivity index (χ3n) is 4.05. The number of carboxylic acid groups (broad SMARTS) is 1. The first-order valence-corrected chi connectivity index (χ1v) is 7.42. The van der Waals surface area contributed by atoms with Gasteiger partial charge in [-0.3, -0.25) is 4.79 Å². The molecule has 0 aromatic heterocycles. The Kier molecular flexibility index (Phi) is 4.06. The van der Waals surface area contributed by atoms with Crippen molar-refractivity contribution in [2.45, 2.75) is 11.9 Å². The van der Waals surface area contributed by atoms with Crippen LogP contribution >= 0.6 is 0 Å². The number of hydrogen-bond donors (Lipinski definition) is 2. The molecule has 2 aromatic rings. The van der Waals surface area contributed by atoms with Crippen LogP contribution in [0.4, 0.5) is 4.79 Å². The van der Waals surface area contributed by atoms with Crippen molar-refractivity contribution in [3.05, 3.63) is 59.7 Å². The first-order valence-electron chi connectivity index (χ1n) is 7.42. The number of fused-ring (bicyclic) bond motifs is 3. The van der Waals surface area contributed by atoms with Crippen LogP contribution in [0.1, 0.15) is 17.0 Å². The van der Waals surface area contributed by atoms with Crippen LogP contribution in [-0.4, -0.2) is 37.6 Å². The molecule has 1 aliphatic carbocycles. The number of amides is 1. The molecule has 0 heterocycles. The number of carbonyl (C=O) groups is 2. The van der Waals surface area contributed by atoms with E-state index in [1.54, 1.807) is 0 Å². The number of ether oxygens (including phenoxy) is 1. The summed E-state index contributed by atoms with van der Waals surface area (Å²) in [6.45, 7) is 0.173. The van der Waals surface area contributed by atoms with Gasteiger partial charge in [0, 0.05) is 5.92 Å². The molecule has 6 heteroatoms. The average molecular weight is 309 g/mol. The lowest BCUT2D eigenvalue weighted by molar-refractivity contribution is -0.137. The van der Waals surface area contributed by atoms with E-state index in [0.29, 0.717) is 0 Å². The molecule has 0 spiro atoms. The maximum absolute atomic E-state index is 11.7. The molecule has 1 unspecified atom stereocenters. The molecule has 3 rings (SSSR count). The fourth-order valence-electron chi connectivity index (χ4n) is 2.88. The fourth-order valence-corrected chi connectivity index (χ4v) is 2.88. The van der Waals surface area contributed by atoms with Gasteiger partial charge >= 0.3 is 12.1 Å². The zero-order chi connectivity index (χ0) is 16.4. The number of alkyl carbamates (subject to hydrolysis) is 1. The Labute approximate surface area is 134 Å². The molecule has 2 aromatic carbocycles. The van der Waals surface area contributed by atoms with Gasteiger partial charge in [-0.2, -0.15) is 0 Å². The SMILES string of the molecule is BC(NC(=O)OCC1c2ccccc2-c2ccccc21)C(=O)O. The van der Waals surface area contributed by atoms with Crippen molar-refractivity contribution in [2.24, 2.45) is 0 Å². The van der Waals surface area contributed by atoms with E-state index in [-0.39, 0.29) is 12.5 Å². The Morgan fingerprint density at radius 1 is 1.09 bits per heavy atom. The molecule has 1 amide bonds. The molecule has 23 heavy (non-hydrogen) atoms. The Hall–Kier alpha value is -2.76. The number of carboxylic acids is 1. The molecule has 2 N–H and O–H groups in total. The summed E-state index contributed by atoms with van der Waals surface area (Å²) in [6.07, 6.45) is -0.721. The second kappa shape index (κ2) is 6.16. The van der Waals surface area contributed by atoms with Gasteiger partial charge in [-0.05, 0) is 22.3 Å². The monoisotopic (exact) mass is 309 g/mol. The van der Waals surface area contributed by atoms with E-state index in [1.165, 1.54) is 7.85 Å². The van der Waals surface area contributed by atoms with Crippen LogP contribution < -0.4 is 5.32 Å². The van der Waals surface area contributed by atoms with Gasteiger partial charge < -0.3 is 15.2 Å². The highest BCUT2D eigenvalue weighted by Crippen LogP contribution is 2.44. The first kappa shape index (κ1) is 15.2. The number of hydrogen-bond acceptors (Lipinski definition) is 3. The molecule has 1 atom stereocenters. The van der Waals surface area contributed by atoms with Gasteiger partial charge in [0.15, 0.2) is 0 Å². The summed E-state index contributed by atoms with van der Waals surface area (Å²) in [5, 5.41) is 11.1. The lowest BCUT2D eigenvalue weighted by atomic mass is 9.97. The van der Waals surface area contributed by atoms with Gasteiger partial charge in [0.2, 0.25) is 0 Å². The van der Waals surface area contributed by atoms with Gasteiger partial charge in [-0.15, -0.1) is 0 Å². The second-order valence-electron chi connectivity index (χ2n) is 5.53. The van der Waals surface area contributed by atoms with Gasteiger partial charge in [-0.25, -0.2) is 4.79 Å². The van der Waals surface area contributed by atoms with Crippen LogP contribution in [0.2, 0.25) is 0 Å². The molecule has 1 aliphatic rings. The summed E-state index contributed by atoms with van der Waals surface area (Å²) < 4.78 is 5.25. The molecular weight excluding hydrogens is 293 g/mol. The van der Waals surface area contributed by atoms with Gasteiger partial charge in [-0.1, -0.05) is 48.5 Å². The maximum atomic E-state index is 11.7. The van der Waals surface area contributed by atoms with Crippen molar-refractivity contribution in [1.82, 2.24) is 5.32 Å². The van der Waals surface area contributed by atoms with Crippen molar-refractivity contribution >= 4 is 19.9 Å². The molecule has 0 saturated carbocycles. The first-order chi connectivity index (χ1) is 11.1. The number of benzene rings is 2. The largest absolute Gasteiger partial charge is 0.480 e. The number of nitrogens with one attached hydrogen (secondary N) is 1. The molecule has 0 saturated heterocycles. The van der Waals surface area contributed by atoms with Crippen molar-refractivity contribution in [3.8, 4) is 11.1 Å². The minimum absolute atomic E-state index is 0.0340. The molecule has 0 aliphatic heterocycles. The third kappa shape index (κ3) is 2.92. The van der Waals surface area contributed by atoms with Crippen LogP contribution in [0.25, 0.3) is 11.1 Å². The molecular formula is C17H16BNO4. The summed E-state index contributed by atoms with van der Waals surface area (Å²) >= 11 is 0.